The third-order valence-corrected chi connectivity index (χ3v) is 3.90. The molecule has 0 saturated carbocycles. The van der Waals surface area contributed by atoms with Crippen molar-refractivity contribution in [1.82, 2.24) is 14.9 Å². The first-order valence-corrected chi connectivity index (χ1v) is 7.34. The SMILES string of the molecule is Cc1nc(Cl)nc(N2CCC(CN(C)C)CC2)c1[N+](=O)[O-]. The van der Waals surface area contributed by atoms with E-state index < -0.39 is 4.92 Å². The Morgan fingerprint density at radius 1 is 1.38 bits per heavy atom. The summed E-state index contributed by atoms with van der Waals surface area (Å²) in [4.78, 5) is 22.9. The second-order valence-electron chi connectivity index (χ2n) is 5.70. The Balaban J connectivity index is 2.18. The van der Waals surface area contributed by atoms with Crippen molar-refractivity contribution in [2.75, 3.05) is 38.6 Å². The number of nitro groups is 1. The quantitative estimate of drug-likeness (QED) is 0.481. The molecule has 1 aromatic rings. The molecular weight excluding hydrogens is 294 g/mol. The largest absolute Gasteiger partial charge is 0.351 e. The molecule has 2 rings (SSSR count). The van der Waals surface area contributed by atoms with E-state index in [4.69, 9.17) is 11.6 Å². The zero-order valence-electron chi connectivity index (χ0n) is 12.5. The molecule has 1 aliphatic heterocycles. The molecule has 116 valence electrons. The standard InChI is InChI=1S/C13H20ClN5O2/c1-9-11(19(20)21)12(16-13(14)15-9)18-6-4-10(5-7-18)8-17(2)3/h10H,4-8H2,1-3H3. The number of aromatic nitrogens is 2. The maximum Gasteiger partial charge on any atom is 0.332 e. The number of halogens is 1. The van der Waals surface area contributed by atoms with Crippen LogP contribution in [-0.2, 0) is 0 Å². The van der Waals surface area contributed by atoms with Crippen molar-refractivity contribution >= 4 is 23.1 Å². The summed E-state index contributed by atoms with van der Waals surface area (Å²) in [6.07, 6.45) is 1.99. The van der Waals surface area contributed by atoms with E-state index in [0.29, 0.717) is 17.4 Å². The van der Waals surface area contributed by atoms with Crippen LogP contribution < -0.4 is 4.90 Å². The Bertz CT molecular complexity index is 530. The van der Waals surface area contributed by atoms with E-state index in [1.54, 1.807) is 6.92 Å². The van der Waals surface area contributed by atoms with Gasteiger partial charge in [-0.2, -0.15) is 4.98 Å². The third kappa shape index (κ3) is 3.79. The van der Waals surface area contributed by atoms with Crippen LogP contribution in [0.25, 0.3) is 0 Å². The van der Waals surface area contributed by atoms with Crippen LogP contribution in [0, 0.1) is 23.0 Å². The summed E-state index contributed by atoms with van der Waals surface area (Å²) >= 11 is 5.87. The molecule has 8 heteroatoms. The first-order chi connectivity index (χ1) is 9.88. The van der Waals surface area contributed by atoms with Crippen LogP contribution in [0.15, 0.2) is 0 Å². The van der Waals surface area contributed by atoms with Crippen molar-refractivity contribution in [1.29, 1.82) is 0 Å². The molecule has 0 spiro atoms. The lowest BCUT2D eigenvalue weighted by atomic mass is 9.96. The van der Waals surface area contributed by atoms with Gasteiger partial charge in [-0.1, -0.05) is 0 Å². The summed E-state index contributed by atoms with van der Waals surface area (Å²) in [7, 11) is 4.12. The Morgan fingerprint density at radius 3 is 2.52 bits per heavy atom. The van der Waals surface area contributed by atoms with Gasteiger partial charge in [-0.15, -0.1) is 0 Å². The number of piperidine rings is 1. The van der Waals surface area contributed by atoms with Crippen LogP contribution in [0.1, 0.15) is 18.5 Å². The molecule has 1 saturated heterocycles. The third-order valence-electron chi connectivity index (χ3n) is 3.73. The van der Waals surface area contributed by atoms with Gasteiger partial charge in [0.2, 0.25) is 11.1 Å². The van der Waals surface area contributed by atoms with Crippen LogP contribution in [-0.4, -0.2) is 53.5 Å². The van der Waals surface area contributed by atoms with Crippen LogP contribution in [0.4, 0.5) is 11.5 Å². The average Bonchev–Trinajstić information content (AvgIpc) is 2.37. The lowest BCUT2D eigenvalue weighted by molar-refractivity contribution is -0.385. The lowest BCUT2D eigenvalue weighted by Crippen LogP contribution is -2.38. The molecule has 1 fully saturated rings. The highest BCUT2D eigenvalue weighted by Gasteiger charge is 2.29. The van der Waals surface area contributed by atoms with Gasteiger partial charge in [0.05, 0.1) is 4.92 Å². The summed E-state index contributed by atoms with van der Waals surface area (Å²) in [5, 5.41) is 11.3. The van der Waals surface area contributed by atoms with Crippen LogP contribution in [0.2, 0.25) is 5.28 Å². The second kappa shape index (κ2) is 6.53. The number of aryl methyl sites for hydroxylation is 1. The van der Waals surface area contributed by atoms with Gasteiger partial charge < -0.3 is 9.80 Å². The number of hydrogen-bond donors (Lipinski definition) is 0. The van der Waals surface area contributed by atoms with Crippen LogP contribution >= 0.6 is 11.6 Å². The zero-order valence-corrected chi connectivity index (χ0v) is 13.3. The molecule has 21 heavy (non-hydrogen) atoms. The molecule has 0 bridgehead atoms. The van der Waals surface area contributed by atoms with Crippen LogP contribution in [0.5, 0.6) is 0 Å². The molecule has 0 N–H and O–H groups in total. The van der Waals surface area contributed by atoms with E-state index >= 15 is 0 Å². The van der Waals surface area contributed by atoms with E-state index in [2.05, 4.69) is 29.0 Å². The number of anilines is 1. The minimum absolute atomic E-state index is 0.0366. The van der Waals surface area contributed by atoms with Crippen molar-refractivity contribution in [3.63, 3.8) is 0 Å². The van der Waals surface area contributed by atoms with Gasteiger partial charge in [-0.05, 0) is 51.4 Å². The highest BCUT2D eigenvalue weighted by molar-refractivity contribution is 6.28. The molecule has 0 atom stereocenters. The van der Waals surface area contributed by atoms with Gasteiger partial charge in [0.25, 0.3) is 0 Å². The minimum atomic E-state index is -0.424. The van der Waals surface area contributed by atoms with Gasteiger partial charge in [0, 0.05) is 19.6 Å². The molecular formula is C13H20ClN5O2. The maximum absolute atomic E-state index is 11.3. The fourth-order valence-electron chi connectivity index (χ4n) is 2.80. The van der Waals surface area contributed by atoms with E-state index in [9.17, 15) is 10.1 Å². The normalized spacial score (nSPS) is 16.5. The van der Waals surface area contributed by atoms with Crippen molar-refractivity contribution < 1.29 is 4.92 Å². The van der Waals surface area contributed by atoms with Crippen LogP contribution in [0.3, 0.4) is 0 Å². The van der Waals surface area contributed by atoms with Gasteiger partial charge >= 0.3 is 5.69 Å². The van der Waals surface area contributed by atoms with Crippen molar-refractivity contribution in [2.45, 2.75) is 19.8 Å². The molecule has 0 radical (unpaired) electrons. The number of hydrogen-bond acceptors (Lipinski definition) is 6. The van der Waals surface area contributed by atoms with Gasteiger partial charge in [0.1, 0.15) is 5.69 Å². The Hall–Kier alpha value is -1.47. The van der Waals surface area contributed by atoms with Gasteiger partial charge in [0.15, 0.2) is 0 Å². The molecule has 0 aliphatic carbocycles. The minimum Gasteiger partial charge on any atom is -0.351 e. The fourth-order valence-corrected chi connectivity index (χ4v) is 3.00. The number of nitrogens with zero attached hydrogens (tertiary/aromatic N) is 5. The summed E-state index contributed by atoms with van der Waals surface area (Å²) in [6, 6.07) is 0. The Kier molecular flexibility index (Phi) is 4.95. The fraction of sp³-hybridized carbons (Fsp3) is 0.692. The predicted octanol–water partition coefficient (Wildman–Crippen LogP) is 2.12. The lowest BCUT2D eigenvalue weighted by Gasteiger charge is -2.33. The molecule has 0 unspecified atom stereocenters. The van der Waals surface area contributed by atoms with E-state index in [1.807, 2.05) is 4.90 Å². The summed E-state index contributed by atoms with van der Waals surface area (Å²) < 4.78 is 0. The first-order valence-electron chi connectivity index (χ1n) is 6.96. The topological polar surface area (TPSA) is 75.4 Å². The van der Waals surface area contributed by atoms with Crippen molar-refractivity contribution in [2.24, 2.45) is 5.92 Å². The van der Waals surface area contributed by atoms with E-state index in [0.717, 1.165) is 32.5 Å². The molecule has 1 aromatic heterocycles. The van der Waals surface area contributed by atoms with Gasteiger partial charge in [-0.25, -0.2) is 4.98 Å². The summed E-state index contributed by atoms with van der Waals surface area (Å²) in [5.74, 6) is 0.967. The second-order valence-corrected chi connectivity index (χ2v) is 6.04. The van der Waals surface area contributed by atoms with E-state index in [-0.39, 0.29) is 11.0 Å². The van der Waals surface area contributed by atoms with Gasteiger partial charge in [-0.3, -0.25) is 10.1 Å². The maximum atomic E-state index is 11.3. The molecule has 0 aromatic carbocycles. The Morgan fingerprint density at radius 2 is 2.00 bits per heavy atom. The molecule has 0 amide bonds. The highest BCUT2D eigenvalue weighted by Crippen LogP contribution is 2.32. The monoisotopic (exact) mass is 313 g/mol. The predicted molar refractivity (Wildman–Crippen MR) is 81.9 cm³/mol. The molecule has 1 aliphatic rings. The average molecular weight is 314 g/mol. The highest BCUT2D eigenvalue weighted by atomic mass is 35.5. The smallest absolute Gasteiger partial charge is 0.332 e. The molecule has 2 heterocycles. The van der Waals surface area contributed by atoms with Crippen molar-refractivity contribution in [3.8, 4) is 0 Å². The van der Waals surface area contributed by atoms with Crippen molar-refractivity contribution in [3.05, 3.63) is 21.1 Å². The zero-order chi connectivity index (χ0) is 15.6. The summed E-state index contributed by atoms with van der Waals surface area (Å²) in [6.45, 7) is 4.14. The first kappa shape index (κ1) is 15.9. The Labute approximate surface area is 129 Å². The van der Waals surface area contributed by atoms with E-state index in [1.165, 1.54) is 0 Å². The molecule has 7 nitrogen and oxygen atoms in total. The number of rotatable bonds is 4. The summed E-state index contributed by atoms with van der Waals surface area (Å²) in [5.41, 5.74) is 0.274.